The number of piperazine rings is 1. The number of thiophene rings is 1. The summed E-state index contributed by atoms with van der Waals surface area (Å²) in [6.07, 6.45) is 2.42. The molecule has 39 heavy (non-hydrogen) atoms. The zero-order valence-corrected chi connectivity index (χ0v) is 23.1. The number of hydrogen-bond acceptors (Lipinski definition) is 8. The van der Waals surface area contributed by atoms with Crippen molar-refractivity contribution in [2.24, 2.45) is 0 Å². The van der Waals surface area contributed by atoms with E-state index in [4.69, 9.17) is 9.72 Å². The minimum atomic E-state index is -0.310. The van der Waals surface area contributed by atoms with Crippen LogP contribution in [0.2, 0.25) is 0 Å². The van der Waals surface area contributed by atoms with Gasteiger partial charge in [-0.3, -0.25) is 9.36 Å². The smallest absolute Gasteiger partial charge is 0.268 e. The number of fused-ring (bicyclic) bond motifs is 1. The Bertz CT molecular complexity index is 1610. The van der Waals surface area contributed by atoms with Crippen molar-refractivity contribution in [3.05, 3.63) is 74.1 Å². The molecule has 4 heterocycles. The Morgan fingerprint density at radius 2 is 2.18 bits per heavy atom. The summed E-state index contributed by atoms with van der Waals surface area (Å²) in [4.78, 5) is 25.7. The summed E-state index contributed by atoms with van der Waals surface area (Å²) in [5, 5.41) is 9.15. The van der Waals surface area contributed by atoms with Crippen molar-refractivity contribution in [3.63, 3.8) is 0 Å². The second-order valence-corrected chi connectivity index (χ2v) is 10.4. The normalized spacial score (nSPS) is 15.3. The quantitative estimate of drug-likeness (QED) is 0.322. The molecule has 1 fully saturated rings. The standard InChI is InChI=1S/C29H31FN6O2S/c1-4-5-21-14-22-17-32-29(33-23-6-7-25(24(30)15-23)35-11-10-31-16-19(35)2)34-27(22)36(28(21)37)18-26-20(8-12-38-3)9-13-39-26/h6-7,9,13-15,17,19,31H,8,10-12,16,18H2,1-3H3,(H,32,33,34). The average molecular weight is 547 g/mol. The molecular weight excluding hydrogens is 515 g/mol. The number of ether oxygens (including phenoxy) is 1. The van der Waals surface area contributed by atoms with Gasteiger partial charge in [-0.1, -0.05) is 5.92 Å². The largest absolute Gasteiger partial charge is 0.384 e. The Kier molecular flexibility index (Phi) is 8.21. The predicted octanol–water partition coefficient (Wildman–Crippen LogP) is 4.14. The van der Waals surface area contributed by atoms with Gasteiger partial charge in [-0.05, 0) is 61.5 Å². The molecule has 202 valence electrons. The number of methoxy groups -OCH3 is 1. The number of benzene rings is 1. The van der Waals surface area contributed by atoms with Crippen LogP contribution in [0.4, 0.5) is 21.7 Å². The number of halogens is 1. The lowest BCUT2D eigenvalue weighted by Gasteiger charge is -2.36. The maximum atomic E-state index is 15.1. The highest BCUT2D eigenvalue weighted by molar-refractivity contribution is 7.10. The first kappa shape index (κ1) is 26.8. The van der Waals surface area contributed by atoms with Crippen LogP contribution in [-0.2, 0) is 17.7 Å². The Morgan fingerprint density at radius 1 is 1.31 bits per heavy atom. The zero-order chi connectivity index (χ0) is 27.4. The number of aromatic nitrogens is 3. The van der Waals surface area contributed by atoms with Crippen LogP contribution in [0.25, 0.3) is 11.0 Å². The first-order valence-electron chi connectivity index (χ1n) is 12.9. The van der Waals surface area contributed by atoms with Gasteiger partial charge in [0.2, 0.25) is 5.95 Å². The van der Waals surface area contributed by atoms with Gasteiger partial charge in [-0.15, -0.1) is 17.3 Å². The summed E-state index contributed by atoms with van der Waals surface area (Å²) in [5.74, 6) is 5.70. The van der Waals surface area contributed by atoms with E-state index in [1.807, 2.05) is 11.4 Å². The van der Waals surface area contributed by atoms with Crippen molar-refractivity contribution in [1.82, 2.24) is 19.9 Å². The zero-order valence-electron chi connectivity index (χ0n) is 22.3. The molecule has 1 atom stereocenters. The third-order valence-electron chi connectivity index (χ3n) is 6.82. The molecule has 0 amide bonds. The van der Waals surface area contributed by atoms with Crippen molar-refractivity contribution in [2.45, 2.75) is 32.9 Å². The molecule has 1 aromatic carbocycles. The second-order valence-electron chi connectivity index (χ2n) is 9.45. The molecule has 10 heteroatoms. The molecule has 0 saturated carbocycles. The van der Waals surface area contributed by atoms with E-state index in [1.165, 1.54) is 6.07 Å². The van der Waals surface area contributed by atoms with Crippen LogP contribution in [0.1, 0.15) is 29.9 Å². The summed E-state index contributed by atoms with van der Waals surface area (Å²) in [6, 6.07) is 9.04. The number of pyridine rings is 1. The third kappa shape index (κ3) is 5.81. The van der Waals surface area contributed by atoms with Crippen molar-refractivity contribution < 1.29 is 9.13 Å². The van der Waals surface area contributed by atoms with E-state index in [1.54, 1.807) is 48.3 Å². The molecular formula is C29H31FN6O2S. The second kappa shape index (κ2) is 11.9. The number of anilines is 3. The molecule has 0 radical (unpaired) electrons. The third-order valence-corrected chi connectivity index (χ3v) is 7.76. The number of rotatable bonds is 8. The van der Waals surface area contributed by atoms with Gasteiger partial charge in [0.05, 0.1) is 24.4 Å². The molecule has 4 aromatic rings. The summed E-state index contributed by atoms with van der Waals surface area (Å²) < 4.78 is 22.0. The molecule has 0 aliphatic carbocycles. The van der Waals surface area contributed by atoms with E-state index in [0.717, 1.165) is 36.5 Å². The van der Waals surface area contributed by atoms with Gasteiger partial charge >= 0.3 is 0 Å². The molecule has 0 spiro atoms. The molecule has 1 saturated heterocycles. The van der Waals surface area contributed by atoms with Crippen LogP contribution in [-0.4, -0.2) is 53.9 Å². The molecule has 2 N–H and O–H groups in total. The van der Waals surface area contributed by atoms with Crippen molar-refractivity contribution in [1.29, 1.82) is 0 Å². The predicted molar refractivity (Wildman–Crippen MR) is 155 cm³/mol. The Balaban J connectivity index is 1.49. The number of hydrogen-bond donors (Lipinski definition) is 2. The molecule has 5 rings (SSSR count). The fraction of sp³-hybridized carbons (Fsp3) is 0.345. The molecule has 1 aliphatic heterocycles. The maximum Gasteiger partial charge on any atom is 0.268 e. The van der Waals surface area contributed by atoms with E-state index < -0.39 is 0 Å². The Hall–Kier alpha value is -3.78. The van der Waals surface area contributed by atoms with E-state index in [2.05, 4.69) is 45.3 Å². The van der Waals surface area contributed by atoms with Gasteiger partial charge in [-0.2, -0.15) is 4.98 Å². The fourth-order valence-corrected chi connectivity index (χ4v) is 5.74. The highest BCUT2D eigenvalue weighted by Gasteiger charge is 2.21. The minimum Gasteiger partial charge on any atom is -0.384 e. The van der Waals surface area contributed by atoms with Crippen LogP contribution in [0, 0.1) is 17.7 Å². The molecule has 1 aliphatic rings. The number of nitrogens with zero attached hydrogens (tertiary/aromatic N) is 4. The maximum absolute atomic E-state index is 15.1. The van der Waals surface area contributed by atoms with Gasteiger partial charge in [0.25, 0.3) is 5.56 Å². The van der Waals surface area contributed by atoms with Crippen LogP contribution in [0.3, 0.4) is 0 Å². The summed E-state index contributed by atoms with van der Waals surface area (Å²) >= 11 is 1.59. The minimum absolute atomic E-state index is 0.202. The summed E-state index contributed by atoms with van der Waals surface area (Å²) in [7, 11) is 1.67. The lowest BCUT2D eigenvalue weighted by Crippen LogP contribution is -2.50. The average Bonchev–Trinajstić information content (AvgIpc) is 3.38. The molecule has 8 nitrogen and oxygen atoms in total. The van der Waals surface area contributed by atoms with Crippen molar-refractivity contribution in [2.75, 3.05) is 43.6 Å². The summed E-state index contributed by atoms with van der Waals surface area (Å²) in [5.41, 5.74) is 2.90. The number of nitrogens with one attached hydrogen (secondary N) is 2. The Labute approximate surface area is 230 Å². The van der Waals surface area contributed by atoms with Crippen LogP contribution < -0.4 is 21.1 Å². The molecule has 3 aromatic heterocycles. The van der Waals surface area contributed by atoms with E-state index in [0.29, 0.717) is 41.1 Å². The molecule has 0 bridgehead atoms. The van der Waals surface area contributed by atoms with Gasteiger partial charge < -0.3 is 20.3 Å². The summed E-state index contributed by atoms with van der Waals surface area (Å²) in [6.45, 7) is 7.12. The van der Waals surface area contributed by atoms with E-state index >= 15 is 4.39 Å². The topological polar surface area (TPSA) is 84.3 Å². The van der Waals surface area contributed by atoms with Crippen LogP contribution >= 0.6 is 11.3 Å². The van der Waals surface area contributed by atoms with E-state index in [9.17, 15) is 4.79 Å². The first-order valence-corrected chi connectivity index (χ1v) is 13.8. The first-order chi connectivity index (χ1) is 19.0. The van der Waals surface area contributed by atoms with Crippen molar-refractivity contribution in [3.8, 4) is 11.8 Å². The Morgan fingerprint density at radius 3 is 2.95 bits per heavy atom. The van der Waals surface area contributed by atoms with Gasteiger partial charge in [-0.25, -0.2) is 9.37 Å². The fourth-order valence-electron chi connectivity index (χ4n) is 4.82. The van der Waals surface area contributed by atoms with Crippen LogP contribution in [0.5, 0.6) is 0 Å². The van der Waals surface area contributed by atoms with Gasteiger partial charge in [0.15, 0.2) is 0 Å². The molecule has 1 unspecified atom stereocenters. The van der Waals surface area contributed by atoms with E-state index in [-0.39, 0.29) is 23.4 Å². The lowest BCUT2D eigenvalue weighted by molar-refractivity contribution is 0.202. The monoisotopic (exact) mass is 546 g/mol. The SMILES string of the molecule is CC#Cc1cc2cnc(Nc3ccc(N4CCNCC4C)c(F)c3)nc2n(Cc2sccc2CCOC)c1=O. The highest BCUT2D eigenvalue weighted by Crippen LogP contribution is 2.27. The van der Waals surface area contributed by atoms with Crippen molar-refractivity contribution >= 4 is 39.7 Å². The van der Waals surface area contributed by atoms with Crippen LogP contribution in [0.15, 0.2) is 46.7 Å². The van der Waals surface area contributed by atoms with Gasteiger partial charge in [0, 0.05) is 54.9 Å². The van der Waals surface area contributed by atoms with Gasteiger partial charge in [0.1, 0.15) is 11.5 Å². The highest BCUT2D eigenvalue weighted by atomic mass is 32.1. The lowest BCUT2D eigenvalue weighted by atomic mass is 10.1.